The molecular formula is C19H12ClN5S. The Kier molecular flexibility index (Phi) is 3.58. The number of nitrogens with one attached hydrogen (secondary N) is 2. The van der Waals surface area contributed by atoms with Gasteiger partial charge in [0, 0.05) is 21.0 Å². The van der Waals surface area contributed by atoms with Gasteiger partial charge in [-0.2, -0.15) is 5.10 Å². The lowest BCUT2D eigenvalue weighted by Gasteiger charge is -2.12. The number of halogens is 1. The molecule has 3 aromatic heterocycles. The van der Waals surface area contributed by atoms with Gasteiger partial charge in [0.05, 0.1) is 16.2 Å². The molecule has 2 aromatic carbocycles. The van der Waals surface area contributed by atoms with Crippen LogP contribution in [0.4, 0.5) is 11.5 Å². The highest BCUT2D eigenvalue weighted by atomic mass is 35.5. The fourth-order valence-corrected chi connectivity index (χ4v) is 4.14. The van der Waals surface area contributed by atoms with Gasteiger partial charge in [0.15, 0.2) is 5.82 Å². The van der Waals surface area contributed by atoms with Gasteiger partial charge in [-0.25, -0.2) is 9.97 Å². The predicted molar refractivity (Wildman–Crippen MR) is 107 cm³/mol. The van der Waals surface area contributed by atoms with Crippen molar-refractivity contribution >= 4 is 55.4 Å². The van der Waals surface area contributed by atoms with Crippen LogP contribution < -0.4 is 5.32 Å². The van der Waals surface area contributed by atoms with E-state index in [0.717, 1.165) is 33.4 Å². The third-order valence-corrected chi connectivity index (χ3v) is 5.50. The topological polar surface area (TPSA) is 66.5 Å². The van der Waals surface area contributed by atoms with Gasteiger partial charge in [0.25, 0.3) is 0 Å². The van der Waals surface area contributed by atoms with Gasteiger partial charge < -0.3 is 5.32 Å². The van der Waals surface area contributed by atoms with Crippen LogP contribution in [0.15, 0.2) is 60.2 Å². The molecule has 0 saturated carbocycles. The van der Waals surface area contributed by atoms with E-state index < -0.39 is 0 Å². The second-order valence-corrected chi connectivity index (χ2v) is 7.09. The highest BCUT2D eigenvalue weighted by Gasteiger charge is 2.15. The van der Waals surface area contributed by atoms with Gasteiger partial charge in [-0.15, -0.1) is 11.3 Å². The molecule has 0 aliphatic rings. The van der Waals surface area contributed by atoms with Crippen molar-refractivity contribution in [1.29, 1.82) is 0 Å². The first-order valence-electron chi connectivity index (χ1n) is 7.98. The van der Waals surface area contributed by atoms with E-state index in [2.05, 4.69) is 38.0 Å². The van der Waals surface area contributed by atoms with Crippen molar-refractivity contribution in [2.75, 3.05) is 5.32 Å². The molecule has 5 rings (SSSR count). The summed E-state index contributed by atoms with van der Waals surface area (Å²) in [5, 5.41) is 15.2. The number of H-pyrrole nitrogens is 1. The highest BCUT2D eigenvalue weighted by molar-refractivity contribution is 7.18. The Morgan fingerprint density at radius 3 is 2.77 bits per heavy atom. The molecule has 0 aliphatic heterocycles. The molecule has 126 valence electrons. The van der Waals surface area contributed by atoms with Gasteiger partial charge in [-0.3, -0.25) is 5.10 Å². The fourth-order valence-electron chi connectivity index (χ4n) is 3.04. The molecule has 3 heterocycles. The number of benzene rings is 2. The number of hydrogen-bond donors (Lipinski definition) is 2. The molecule has 5 aromatic rings. The zero-order chi connectivity index (χ0) is 17.5. The number of nitrogens with zero attached hydrogens (tertiary/aromatic N) is 3. The monoisotopic (exact) mass is 377 g/mol. The minimum Gasteiger partial charge on any atom is -0.338 e. The van der Waals surface area contributed by atoms with Gasteiger partial charge in [-0.05, 0) is 29.6 Å². The quantitative estimate of drug-likeness (QED) is 0.427. The number of anilines is 2. The second-order valence-electron chi connectivity index (χ2n) is 5.76. The Balaban J connectivity index is 1.79. The molecule has 0 amide bonds. The minimum atomic E-state index is 0.654. The molecule has 2 N–H and O–H groups in total. The van der Waals surface area contributed by atoms with Crippen LogP contribution in [0.5, 0.6) is 0 Å². The third kappa shape index (κ3) is 2.42. The molecule has 0 fully saturated rings. The van der Waals surface area contributed by atoms with E-state index in [1.54, 1.807) is 11.3 Å². The number of hydrogen-bond acceptors (Lipinski definition) is 5. The van der Waals surface area contributed by atoms with Gasteiger partial charge in [0.1, 0.15) is 12.1 Å². The summed E-state index contributed by atoms with van der Waals surface area (Å²) in [5.74, 6) is 1.47. The van der Waals surface area contributed by atoms with Gasteiger partial charge in [-0.1, -0.05) is 35.9 Å². The Hall–Kier alpha value is -2.96. The number of pyridine rings is 1. The molecule has 0 aliphatic carbocycles. The highest BCUT2D eigenvalue weighted by Crippen LogP contribution is 2.38. The lowest BCUT2D eigenvalue weighted by atomic mass is 10.1. The summed E-state index contributed by atoms with van der Waals surface area (Å²) in [6.45, 7) is 0. The van der Waals surface area contributed by atoms with Crippen molar-refractivity contribution in [1.82, 2.24) is 20.2 Å². The largest absolute Gasteiger partial charge is 0.338 e. The van der Waals surface area contributed by atoms with Crippen molar-refractivity contribution in [2.45, 2.75) is 0 Å². The summed E-state index contributed by atoms with van der Waals surface area (Å²) in [5.41, 5.74) is 2.61. The first-order valence-corrected chi connectivity index (χ1v) is 9.24. The van der Waals surface area contributed by atoms with Gasteiger partial charge >= 0.3 is 0 Å². The summed E-state index contributed by atoms with van der Waals surface area (Å²) in [6.07, 6.45) is 1.50. The maximum absolute atomic E-state index is 6.32. The van der Waals surface area contributed by atoms with Crippen LogP contribution in [0.1, 0.15) is 0 Å². The molecular weight excluding hydrogens is 366 g/mol. The van der Waals surface area contributed by atoms with Crippen LogP contribution in [0.3, 0.4) is 0 Å². The zero-order valence-electron chi connectivity index (χ0n) is 13.4. The number of rotatable bonds is 3. The van der Waals surface area contributed by atoms with Crippen molar-refractivity contribution in [3.63, 3.8) is 0 Å². The van der Waals surface area contributed by atoms with E-state index >= 15 is 0 Å². The lowest BCUT2D eigenvalue weighted by Crippen LogP contribution is -1.97. The maximum atomic E-state index is 6.32. The van der Waals surface area contributed by atoms with Crippen molar-refractivity contribution in [3.05, 3.63) is 65.3 Å². The number of thiophene rings is 1. The van der Waals surface area contributed by atoms with E-state index in [1.165, 1.54) is 11.0 Å². The molecule has 0 spiro atoms. The van der Waals surface area contributed by atoms with Crippen LogP contribution in [0.25, 0.3) is 32.4 Å². The van der Waals surface area contributed by atoms with Gasteiger partial charge in [0.2, 0.25) is 0 Å². The van der Waals surface area contributed by atoms with E-state index in [9.17, 15) is 0 Å². The molecule has 0 atom stereocenters. The minimum absolute atomic E-state index is 0.654. The van der Waals surface area contributed by atoms with E-state index in [0.29, 0.717) is 10.8 Å². The lowest BCUT2D eigenvalue weighted by molar-refractivity contribution is 1.10. The van der Waals surface area contributed by atoms with Crippen molar-refractivity contribution in [3.8, 4) is 11.4 Å². The molecule has 0 unspecified atom stereocenters. The summed E-state index contributed by atoms with van der Waals surface area (Å²) < 4.78 is 1.17. The first-order chi connectivity index (χ1) is 12.8. The zero-order valence-corrected chi connectivity index (χ0v) is 15.0. The maximum Gasteiger partial charge on any atom is 0.157 e. The van der Waals surface area contributed by atoms with E-state index in [1.807, 2.05) is 36.4 Å². The number of aromatic amines is 1. The summed E-state index contributed by atoms with van der Waals surface area (Å²) in [6, 6.07) is 15.8. The average molecular weight is 378 g/mol. The molecule has 7 heteroatoms. The summed E-state index contributed by atoms with van der Waals surface area (Å²) in [4.78, 5) is 9.20. The van der Waals surface area contributed by atoms with Crippen LogP contribution in [-0.4, -0.2) is 20.2 Å². The standard InChI is InChI=1S/C19H12ClN5S/c20-14-6-1-2-7-15(14)23-19-13-8-9-26-17(13)11-4-3-5-12(16(11)24-19)18-21-10-22-25-18/h1-10H,(H,23,24)(H,21,22,25). The van der Waals surface area contributed by atoms with Crippen LogP contribution >= 0.6 is 22.9 Å². The average Bonchev–Trinajstić information content (AvgIpc) is 3.35. The molecule has 0 radical (unpaired) electrons. The summed E-state index contributed by atoms with van der Waals surface area (Å²) >= 11 is 8.01. The first kappa shape index (κ1) is 15.3. The normalized spacial score (nSPS) is 11.3. The van der Waals surface area contributed by atoms with Crippen molar-refractivity contribution in [2.24, 2.45) is 0 Å². The second kappa shape index (κ2) is 6.09. The van der Waals surface area contributed by atoms with E-state index in [4.69, 9.17) is 16.6 Å². The Morgan fingerprint density at radius 1 is 1.00 bits per heavy atom. The Morgan fingerprint density at radius 2 is 1.92 bits per heavy atom. The van der Waals surface area contributed by atoms with Crippen molar-refractivity contribution < 1.29 is 0 Å². The molecule has 0 bridgehead atoms. The summed E-state index contributed by atoms with van der Waals surface area (Å²) in [7, 11) is 0. The van der Waals surface area contributed by atoms with Crippen LogP contribution in [-0.2, 0) is 0 Å². The molecule has 0 saturated heterocycles. The SMILES string of the molecule is Clc1ccccc1Nc1nc2c(-c3ncn[nH]3)cccc2c2sccc12. The number of para-hydroxylation sites is 2. The smallest absolute Gasteiger partial charge is 0.157 e. The van der Waals surface area contributed by atoms with Crippen LogP contribution in [0.2, 0.25) is 5.02 Å². The number of aromatic nitrogens is 4. The third-order valence-electron chi connectivity index (χ3n) is 4.22. The number of fused-ring (bicyclic) bond motifs is 3. The Labute approximate surface area is 157 Å². The molecule has 26 heavy (non-hydrogen) atoms. The Bertz CT molecular complexity index is 1230. The molecule has 5 nitrogen and oxygen atoms in total. The fraction of sp³-hybridized carbons (Fsp3) is 0. The van der Waals surface area contributed by atoms with Crippen LogP contribution in [0, 0.1) is 0 Å². The predicted octanol–water partition coefficient (Wildman–Crippen LogP) is 5.63. The van der Waals surface area contributed by atoms with E-state index in [-0.39, 0.29) is 0 Å².